The van der Waals surface area contributed by atoms with Crippen LogP contribution >= 0.6 is 15.9 Å². The Balaban J connectivity index is 2.22. The number of nitrogens with one attached hydrogen (secondary N) is 1. The monoisotopic (exact) mass is 280 g/mol. The van der Waals surface area contributed by atoms with E-state index < -0.39 is 0 Å². The smallest absolute Gasteiger partial charge is 0.196 e. The number of benzene rings is 1. The molecule has 4 heteroatoms. The summed E-state index contributed by atoms with van der Waals surface area (Å²) in [5.41, 5.74) is 1.03. The molecule has 2 aromatic rings. The van der Waals surface area contributed by atoms with Crippen LogP contribution in [-0.2, 0) is 6.42 Å². The third-order valence-electron chi connectivity index (χ3n) is 2.28. The molecule has 0 atom stereocenters. The molecule has 1 aromatic heterocycles. The van der Waals surface area contributed by atoms with E-state index in [1.54, 1.807) is 6.20 Å². The predicted octanol–water partition coefficient (Wildman–Crippen LogP) is 2.87. The van der Waals surface area contributed by atoms with Crippen LogP contribution in [0.4, 0.5) is 0 Å². The lowest BCUT2D eigenvalue weighted by Crippen LogP contribution is -2.10. The number of oxazole rings is 1. The largest absolute Gasteiger partial charge is 0.441 e. The summed E-state index contributed by atoms with van der Waals surface area (Å²) >= 11 is 3.49. The van der Waals surface area contributed by atoms with E-state index >= 15 is 0 Å². The van der Waals surface area contributed by atoms with Crippen molar-refractivity contribution < 1.29 is 4.42 Å². The lowest BCUT2D eigenvalue weighted by Gasteiger charge is -1.99. The molecule has 2 rings (SSSR count). The van der Waals surface area contributed by atoms with Crippen molar-refractivity contribution in [3.05, 3.63) is 40.8 Å². The minimum Gasteiger partial charge on any atom is -0.441 e. The first-order valence-electron chi connectivity index (χ1n) is 5.15. The van der Waals surface area contributed by atoms with Crippen molar-refractivity contribution >= 4 is 15.9 Å². The highest BCUT2D eigenvalue weighted by atomic mass is 79.9. The summed E-state index contributed by atoms with van der Waals surface area (Å²) in [6.07, 6.45) is 2.58. The summed E-state index contributed by atoms with van der Waals surface area (Å²) in [6.45, 7) is 0.871. The van der Waals surface area contributed by atoms with Gasteiger partial charge in [0, 0.05) is 23.0 Å². The maximum atomic E-state index is 5.67. The molecule has 0 amide bonds. The molecule has 1 N–H and O–H groups in total. The highest BCUT2D eigenvalue weighted by Gasteiger charge is 2.08. The predicted molar refractivity (Wildman–Crippen MR) is 67.3 cm³/mol. The van der Waals surface area contributed by atoms with Gasteiger partial charge in [-0.25, -0.2) is 4.98 Å². The fraction of sp³-hybridized carbons (Fsp3) is 0.250. The molecule has 0 saturated heterocycles. The number of hydrogen-bond acceptors (Lipinski definition) is 3. The molecule has 0 fully saturated rings. The first kappa shape index (κ1) is 11.4. The zero-order chi connectivity index (χ0) is 11.4. The zero-order valence-electron chi connectivity index (χ0n) is 9.03. The Morgan fingerprint density at radius 3 is 2.94 bits per heavy atom. The molecule has 0 bridgehead atoms. The third-order valence-corrected chi connectivity index (χ3v) is 2.97. The van der Waals surface area contributed by atoms with E-state index in [9.17, 15) is 0 Å². The molecule has 0 unspecified atom stereocenters. The van der Waals surface area contributed by atoms with E-state index in [1.165, 1.54) is 0 Å². The lowest BCUT2D eigenvalue weighted by molar-refractivity contribution is 0.500. The number of rotatable bonds is 4. The highest BCUT2D eigenvalue weighted by molar-refractivity contribution is 9.10. The Hall–Kier alpha value is -1.13. The summed E-state index contributed by atoms with van der Waals surface area (Å²) in [5, 5.41) is 3.07. The molecule has 84 valence electrons. The second kappa shape index (κ2) is 5.27. The first-order valence-corrected chi connectivity index (χ1v) is 5.95. The zero-order valence-corrected chi connectivity index (χ0v) is 10.6. The maximum Gasteiger partial charge on any atom is 0.196 e. The maximum absolute atomic E-state index is 5.67. The minimum atomic E-state index is 0.764. The van der Waals surface area contributed by atoms with Crippen LogP contribution in [0.2, 0.25) is 0 Å². The Labute approximate surface area is 103 Å². The molecule has 0 aliphatic heterocycles. The van der Waals surface area contributed by atoms with Gasteiger partial charge in [0.1, 0.15) is 0 Å². The number of nitrogens with zero attached hydrogens (tertiary/aromatic N) is 1. The van der Waals surface area contributed by atoms with E-state index in [-0.39, 0.29) is 0 Å². The van der Waals surface area contributed by atoms with Crippen molar-refractivity contribution in [3.63, 3.8) is 0 Å². The highest BCUT2D eigenvalue weighted by Crippen LogP contribution is 2.28. The molecule has 0 saturated carbocycles. The van der Waals surface area contributed by atoms with E-state index in [2.05, 4.69) is 26.2 Å². The Morgan fingerprint density at radius 1 is 1.38 bits per heavy atom. The van der Waals surface area contributed by atoms with Gasteiger partial charge in [0.05, 0.1) is 6.20 Å². The van der Waals surface area contributed by atoms with E-state index in [0.717, 1.165) is 34.7 Å². The average molecular weight is 281 g/mol. The molecule has 3 nitrogen and oxygen atoms in total. The van der Waals surface area contributed by atoms with Gasteiger partial charge in [-0.3, -0.25) is 0 Å². The molecule has 1 aromatic carbocycles. The number of likely N-dealkylation sites (N-methyl/N-ethyl adjacent to an activating group) is 1. The van der Waals surface area contributed by atoms with Gasteiger partial charge in [-0.05, 0) is 13.1 Å². The van der Waals surface area contributed by atoms with Crippen molar-refractivity contribution in [3.8, 4) is 11.3 Å². The fourth-order valence-electron chi connectivity index (χ4n) is 1.44. The van der Waals surface area contributed by atoms with E-state index in [0.29, 0.717) is 0 Å². The SMILES string of the molecule is CNCCc1ncc(-c2ccccc2Br)o1. The van der Waals surface area contributed by atoms with Gasteiger partial charge in [0.25, 0.3) is 0 Å². The van der Waals surface area contributed by atoms with E-state index in [4.69, 9.17) is 4.42 Å². The van der Waals surface area contributed by atoms with Gasteiger partial charge in [-0.1, -0.05) is 34.1 Å². The number of halogens is 1. The molecule has 0 spiro atoms. The van der Waals surface area contributed by atoms with Crippen molar-refractivity contribution in [2.75, 3.05) is 13.6 Å². The van der Waals surface area contributed by atoms with E-state index in [1.807, 2.05) is 31.3 Å². The molecule has 0 aliphatic rings. The third kappa shape index (κ3) is 2.51. The van der Waals surface area contributed by atoms with Crippen LogP contribution in [0.1, 0.15) is 5.89 Å². The van der Waals surface area contributed by atoms with Gasteiger partial charge in [0.15, 0.2) is 11.7 Å². The van der Waals surface area contributed by atoms with Gasteiger partial charge in [0.2, 0.25) is 0 Å². The van der Waals surface area contributed by atoms with Gasteiger partial charge in [-0.15, -0.1) is 0 Å². The van der Waals surface area contributed by atoms with Gasteiger partial charge in [-0.2, -0.15) is 0 Å². The second-order valence-electron chi connectivity index (χ2n) is 3.45. The van der Waals surface area contributed by atoms with Gasteiger partial charge < -0.3 is 9.73 Å². The van der Waals surface area contributed by atoms with Crippen molar-refractivity contribution in [1.29, 1.82) is 0 Å². The first-order chi connectivity index (χ1) is 7.81. The average Bonchev–Trinajstić information content (AvgIpc) is 2.75. The van der Waals surface area contributed by atoms with Crippen LogP contribution in [0.25, 0.3) is 11.3 Å². The molecule has 0 radical (unpaired) electrons. The summed E-state index contributed by atoms with van der Waals surface area (Å²) < 4.78 is 6.69. The summed E-state index contributed by atoms with van der Waals surface area (Å²) in [5.74, 6) is 1.57. The summed E-state index contributed by atoms with van der Waals surface area (Å²) in [7, 11) is 1.91. The lowest BCUT2D eigenvalue weighted by atomic mass is 10.2. The van der Waals surface area contributed by atoms with Crippen LogP contribution in [-0.4, -0.2) is 18.6 Å². The molecule has 0 aliphatic carbocycles. The second-order valence-corrected chi connectivity index (χ2v) is 4.31. The molecular weight excluding hydrogens is 268 g/mol. The van der Waals surface area contributed by atoms with Crippen LogP contribution in [0.3, 0.4) is 0 Å². The van der Waals surface area contributed by atoms with Crippen molar-refractivity contribution in [2.45, 2.75) is 6.42 Å². The fourth-order valence-corrected chi connectivity index (χ4v) is 1.92. The summed E-state index contributed by atoms with van der Waals surface area (Å²) in [4.78, 5) is 4.24. The van der Waals surface area contributed by atoms with Gasteiger partial charge >= 0.3 is 0 Å². The standard InChI is InChI=1S/C12H13BrN2O/c1-14-7-6-12-15-8-11(16-12)9-4-2-3-5-10(9)13/h2-5,8,14H,6-7H2,1H3. The number of aromatic nitrogens is 1. The quantitative estimate of drug-likeness (QED) is 0.936. The minimum absolute atomic E-state index is 0.764. The van der Waals surface area contributed by atoms with Crippen molar-refractivity contribution in [1.82, 2.24) is 10.3 Å². The van der Waals surface area contributed by atoms with Crippen LogP contribution in [0.5, 0.6) is 0 Å². The molecule has 1 heterocycles. The Kier molecular flexibility index (Phi) is 3.74. The van der Waals surface area contributed by atoms with Crippen molar-refractivity contribution in [2.24, 2.45) is 0 Å². The number of hydrogen-bond donors (Lipinski definition) is 1. The normalized spacial score (nSPS) is 10.6. The van der Waals surface area contributed by atoms with Crippen LogP contribution in [0, 0.1) is 0 Å². The molecule has 16 heavy (non-hydrogen) atoms. The Bertz CT molecular complexity index is 468. The Morgan fingerprint density at radius 2 is 2.19 bits per heavy atom. The van der Waals surface area contributed by atoms with Crippen LogP contribution < -0.4 is 5.32 Å². The van der Waals surface area contributed by atoms with Crippen LogP contribution in [0.15, 0.2) is 39.4 Å². The summed E-state index contributed by atoms with van der Waals surface area (Å²) in [6, 6.07) is 7.96. The molecular formula is C12H13BrN2O. The topological polar surface area (TPSA) is 38.1 Å².